The van der Waals surface area contributed by atoms with Crippen LogP contribution in [-0.2, 0) is 17.6 Å². The zero-order valence-corrected chi connectivity index (χ0v) is 15.7. The minimum Gasteiger partial charge on any atom is -0.481 e. The zero-order valence-electron chi connectivity index (χ0n) is 15.7. The van der Waals surface area contributed by atoms with Gasteiger partial charge in [-0.05, 0) is 66.6 Å². The lowest BCUT2D eigenvalue weighted by Gasteiger charge is -2.14. The predicted octanol–water partition coefficient (Wildman–Crippen LogP) is 5.40. The highest BCUT2D eigenvalue weighted by molar-refractivity contribution is 5.84. The van der Waals surface area contributed by atoms with Gasteiger partial charge < -0.3 is 14.8 Å². The van der Waals surface area contributed by atoms with Gasteiger partial charge in [-0.3, -0.25) is 4.79 Å². The molecule has 0 bridgehead atoms. The molecule has 0 unspecified atom stereocenters. The molecule has 1 heterocycles. The lowest BCUT2D eigenvalue weighted by molar-refractivity contribution is -0.136. The molecule has 2 aromatic carbocycles. The number of ether oxygens (including phenoxy) is 1. The zero-order chi connectivity index (χ0) is 18.8. The molecule has 0 fully saturated rings. The number of H-pyrrole nitrogens is 1. The number of hydrogen-bond donors (Lipinski definition) is 2. The van der Waals surface area contributed by atoms with Crippen LogP contribution in [0.25, 0.3) is 10.9 Å². The number of carboxylic acid groups (broad SMARTS) is 1. The number of aliphatic carboxylic acids is 1. The lowest BCUT2D eigenvalue weighted by Crippen LogP contribution is -2.02. The topological polar surface area (TPSA) is 62.3 Å². The van der Waals surface area contributed by atoms with E-state index >= 15 is 0 Å². The summed E-state index contributed by atoms with van der Waals surface area (Å²) in [6.45, 7) is 8.33. The number of rotatable bonds is 6. The Hall–Kier alpha value is -2.75. The first-order chi connectivity index (χ1) is 12.3. The molecule has 0 spiro atoms. The van der Waals surface area contributed by atoms with Crippen LogP contribution in [0.1, 0.15) is 36.1 Å². The number of carbonyl (C=O) groups is 1. The van der Waals surface area contributed by atoms with Crippen LogP contribution in [0, 0.1) is 19.8 Å². The third-order valence-electron chi connectivity index (χ3n) is 4.46. The summed E-state index contributed by atoms with van der Waals surface area (Å²) < 4.78 is 6.18. The van der Waals surface area contributed by atoms with Gasteiger partial charge in [-0.2, -0.15) is 0 Å². The summed E-state index contributed by atoms with van der Waals surface area (Å²) >= 11 is 0. The molecule has 0 radical (unpaired) electrons. The Kier molecular flexibility index (Phi) is 5.03. The molecule has 0 saturated carbocycles. The normalized spacial score (nSPS) is 11.3. The van der Waals surface area contributed by atoms with Gasteiger partial charge in [0.05, 0.1) is 6.42 Å². The summed E-state index contributed by atoms with van der Waals surface area (Å²) in [6, 6.07) is 9.85. The van der Waals surface area contributed by atoms with Crippen LogP contribution in [0.4, 0.5) is 0 Å². The van der Waals surface area contributed by atoms with Gasteiger partial charge in [0.2, 0.25) is 0 Å². The molecule has 136 valence electrons. The van der Waals surface area contributed by atoms with E-state index in [0.29, 0.717) is 5.92 Å². The second-order valence-corrected chi connectivity index (χ2v) is 7.35. The molecule has 0 aliphatic rings. The molecule has 4 heteroatoms. The Labute approximate surface area is 153 Å². The maximum Gasteiger partial charge on any atom is 0.307 e. The fraction of sp³-hybridized carbons (Fsp3) is 0.318. The van der Waals surface area contributed by atoms with Gasteiger partial charge in [0, 0.05) is 17.1 Å². The predicted molar refractivity (Wildman–Crippen MR) is 104 cm³/mol. The largest absolute Gasteiger partial charge is 0.481 e. The molecule has 3 rings (SSSR count). The standard InChI is InChI=1S/C22H25NO3/c1-13(2)7-17-12-23-20-6-5-18(11-19(17)20)26-22-14(3)8-16(9-15(22)4)10-21(24)25/h5-6,8-9,11-13,23H,7,10H2,1-4H3,(H,24,25). The minimum absolute atomic E-state index is 0.0236. The fourth-order valence-corrected chi connectivity index (χ4v) is 3.43. The minimum atomic E-state index is -0.826. The van der Waals surface area contributed by atoms with Crippen LogP contribution < -0.4 is 4.74 Å². The molecule has 26 heavy (non-hydrogen) atoms. The van der Waals surface area contributed by atoms with Crippen molar-refractivity contribution >= 4 is 16.9 Å². The highest BCUT2D eigenvalue weighted by atomic mass is 16.5. The van der Waals surface area contributed by atoms with E-state index in [4.69, 9.17) is 9.84 Å². The molecule has 1 aromatic heterocycles. The maximum absolute atomic E-state index is 10.9. The number of aryl methyl sites for hydroxylation is 2. The molecule has 0 aliphatic carbocycles. The van der Waals surface area contributed by atoms with Crippen LogP contribution in [0.2, 0.25) is 0 Å². The summed E-state index contributed by atoms with van der Waals surface area (Å²) in [6.07, 6.45) is 3.12. The van der Waals surface area contributed by atoms with E-state index in [-0.39, 0.29) is 6.42 Å². The first-order valence-corrected chi connectivity index (χ1v) is 8.93. The first-order valence-electron chi connectivity index (χ1n) is 8.93. The van der Waals surface area contributed by atoms with Crippen molar-refractivity contribution in [2.24, 2.45) is 5.92 Å². The molecule has 4 nitrogen and oxygen atoms in total. The van der Waals surface area contributed by atoms with E-state index in [0.717, 1.165) is 40.1 Å². The number of aromatic nitrogens is 1. The second-order valence-electron chi connectivity index (χ2n) is 7.35. The molecule has 0 saturated heterocycles. The Morgan fingerprint density at radius 1 is 1.15 bits per heavy atom. The quantitative estimate of drug-likeness (QED) is 0.625. The van der Waals surface area contributed by atoms with Gasteiger partial charge in [-0.1, -0.05) is 26.0 Å². The van der Waals surface area contributed by atoms with E-state index in [1.807, 2.05) is 38.1 Å². The number of fused-ring (bicyclic) bond motifs is 1. The number of aromatic amines is 1. The van der Waals surface area contributed by atoms with E-state index < -0.39 is 5.97 Å². The molecule has 2 N–H and O–H groups in total. The van der Waals surface area contributed by atoms with Crippen molar-refractivity contribution in [3.63, 3.8) is 0 Å². The monoisotopic (exact) mass is 351 g/mol. The molecule has 0 atom stereocenters. The highest BCUT2D eigenvalue weighted by Crippen LogP contribution is 2.32. The number of carboxylic acids is 1. The van der Waals surface area contributed by atoms with Crippen LogP contribution in [0.15, 0.2) is 36.5 Å². The summed E-state index contributed by atoms with van der Waals surface area (Å²) in [7, 11) is 0. The van der Waals surface area contributed by atoms with E-state index in [1.165, 1.54) is 10.9 Å². The van der Waals surface area contributed by atoms with E-state index in [1.54, 1.807) is 0 Å². The third kappa shape index (κ3) is 3.90. The molecule has 3 aromatic rings. The van der Waals surface area contributed by atoms with Crippen molar-refractivity contribution in [2.75, 3.05) is 0 Å². The SMILES string of the molecule is Cc1cc(CC(=O)O)cc(C)c1Oc1ccc2[nH]cc(CC(C)C)c2c1. The van der Waals surface area contributed by atoms with Crippen LogP contribution in [0.3, 0.4) is 0 Å². The Bertz CT molecular complexity index is 930. The smallest absolute Gasteiger partial charge is 0.307 e. The fourth-order valence-electron chi connectivity index (χ4n) is 3.43. The average molecular weight is 351 g/mol. The average Bonchev–Trinajstić information content (AvgIpc) is 2.92. The van der Waals surface area contributed by atoms with Crippen molar-refractivity contribution in [2.45, 2.75) is 40.5 Å². The van der Waals surface area contributed by atoms with Gasteiger partial charge in [0.1, 0.15) is 11.5 Å². The summed E-state index contributed by atoms with van der Waals surface area (Å²) in [5.41, 5.74) is 5.08. The Morgan fingerprint density at radius 3 is 2.46 bits per heavy atom. The van der Waals surface area contributed by atoms with Gasteiger partial charge in [0.15, 0.2) is 0 Å². The number of benzene rings is 2. The Balaban J connectivity index is 1.92. The Morgan fingerprint density at radius 2 is 1.85 bits per heavy atom. The van der Waals surface area contributed by atoms with Gasteiger partial charge in [-0.25, -0.2) is 0 Å². The van der Waals surface area contributed by atoms with Crippen molar-refractivity contribution in [1.82, 2.24) is 4.98 Å². The lowest BCUT2D eigenvalue weighted by atomic mass is 10.0. The van der Waals surface area contributed by atoms with Gasteiger partial charge >= 0.3 is 5.97 Å². The molecule has 0 aliphatic heterocycles. The highest BCUT2D eigenvalue weighted by Gasteiger charge is 2.12. The van der Waals surface area contributed by atoms with E-state index in [2.05, 4.69) is 31.1 Å². The summed E-state index contributed by atoms with van der Waals surface area (Å²) in [5.74, 6) is 1.34. The third-order valence-corrected chi connectivity index (χ3v) is 4.46. The van der Waals surface area contributed by atoms with Crippen LogP contribution in [0.5, 0.6) is 11.5 Å². The van der Waals surface area contributed by atoms with Crippen molar-refractivity contribution in [3.05, 3.63) is 58.8 Å². The number of nitrogens with one attached hydrogen (secondary N) is 1. The molecular formula is C22H25NO3. The summed E-state index contributed by atoms with van der Waals surface area (Å²) in [4.78, 5) is 14.3. The molecule has 0 amide bonds. The second kappa shape index (κ2) is 7.24. The van der Waals surface area contributed by atoms with Crippen LogP contribution >= 0.6 is 0 Å². The summed E-state index contributed by atoms with van der Waals surface area (Å²) in [5, 5.41) is 10.2. The van der Waals surface area contributed by atoms with Crippen molar-refractivity contribution in [1.29, 1.82) is 0 Å². The van der Waals surface area contributed by atoms with Crippen molar-refractivity contribution < 1.29 is 14.6 Å². The van der Waals surface area contributed by atoms with Crippen molar-refractivity contribution in [3.8, 4) is 11.5 Å². The molecular weight excluding hydrogens is 326 g/mol. The first kappa shape index (κ1) is 18.1. The van der Waals surface area contributed by atoms with Gasteiger partial charge in [0.25, 0.3) is 0 Å². The van der Waals surface area contributed by atoms with E-state index in [9.17, 15) is 4.79 Å². The van der Waals surface area contributed by atoms with Gasteiger partial charge in [-0.15, -0.1) is 0 Å². The maximum atomic E-state index is 10.9. The van der Waals surface area contributed by atoms with Crippen LogP contribution in [-0.4, -0.2) is 16.1 Å². The number of hydrogen-bond acceptors (Lipinski definition) is 2.